The standard InChI is InChI=1S/C15H20ClN3O/c1-10-15(20)19(13-6-7-18(2)9-13)14(17-10)11-4-3-5-12(16)8-11/h3-5,8,10,13-14,17H,6-7,9H2,1-2H3. The number of hydrogen-bond acceptors (Lipinski definition) is 3. The Balaban J connectivity index is 1.90. The molecule has 1 N–H and O–H groups in total. The van der Waals surface area contributed by atoms with Crippen LogP contribution in [0.2, 0.25) is 5.02 Å². The number of hydrogen-bond donors (Lipinski definition) is 1. The van der Waals surface area contributed by atoms with Crippen molar-refractivity contribution in [1.29, 1.82) is 0 Å². The topological polar surface area (TPSA) is 35.6 Å². The van der Waals surface area contributed by atoms with Gasteiger partial charge in [0.05, 0.1) is 6.04 Å². The summed E-state index contributed by atoms with van der Waals surface area (Å²) in [5.41, 5.74) is 1.06. The summed E-state index contributed by atoms with van der Waals surface area (Å²) in [5, 5.41) is 4.10. The zero-order valence-electron chi connectivity index (χ0n) is 11.8. The number of nitrogens with one attached hydrogen (secondary N) is 1. The van der Waals surface area contributed by atoms with Crippen LogP contribution in [0.1, 0.15) is 25.1 Å². The van der Waals surface area contributed by atoms with Gasteiger partial charge in [-0.15, -0.1) is 0 Å². The maximum Gasteiger partial charge on any atom is 0.241 e. The molecular formula is C15H20ClN3O. The number of likely N-dealkylation sites (N-methyl/N-ethyl adjacent to an activating group) is 1. The van der Waals surface area contributed by atoms with Gasteiger partial charge in [-0.1, -0.05) is 23.7 Å². The van der Waals surface area contributed by atoms with Crippen molar-refractivity contribution >= 4 is 17.5 Å². The lowest BCUT2D eigenvalue weighted by Gasteiger charge is -2.30. The number of carbonyl (C=O) groups is 1. The lowest BCUT2D eigenvalue weighted by Crippen LogP contribution is -2.41. The SMILES string of the molecule is CC1NC(c2cccc(Cl)c2)N(C2CCN(C)C2)C1=O. The van der Waals surface area contributed by atoms with Gasteiger partial charge >= 0.3 is 0 Å². The third-order valence-corrected chi connectivity index (χ3v) is 4.47. The highest BCUT2D eigenvalue weighted by Crippen LogP contribution is 2.31. The van der Waals surface area contributed by atoms with Crippen molar-refractivity contribution in [3.63, 3.8) is 0 Å². The molecule has 4 nitrogen and oxygen atoms in total. The summed E-state index contributed by atoms with van der Waals surface area (Å²) in [6.07, 6.45) is 0.973. The molecule has 0 radical (unpaired) electrons. The zero-order chi connectivity index (χ0) is 14.3. The highest BCUT2D eigenvalue weighted by Gasteiger charge is 2.42. The molecule has 0 bridgehead atoms. The largest absolute Gasteiger partial charge is 0.317 e. The van der Waals surface area contributed by atoms with Gasteiger partial charge < -0.3 is 9.80 Å². The van der Waals surface area contributed by atoms with E-state index >= 15 is 0 Å². The summed E-state index contributed by atoms with van der Waals surface area (Å²) in [4.78, 5) is 16.8. The summed E-state index contributed by atoms with van der Waals surface area (Å²) in [5.74, 6) is 0.190. The van der Waals surface area contributed by atoms with Gasteiger partial charge in [-0.05, 0) is 44.6 Å². The zero-order valence-corrected chi connectivity index (χ0v) is 12.6. The van der Waals surface area contributed by atoms with E-state index < -0.39 is 0 Å². The van der Waals surface area contributed by atoms with Crippen LogP contribution in [0.25, 0.3) is 0 Å². The van der Waals surface area contributed by atoms with Gasteiger partial charge in [-0.3, -0.25) is 10.1 Å². The third-order valence-electron chi connectivity index (χ3n) is 4.24. The van der Waals surface area contributed by atoms with E-state index in [1.165, 1.54) is 0 Å². The smallest absolute Gasteiger partial charge is 0.241 e. The van der Waals surface area contributed by atoms with E-state index in [4.69, 9.17) is 11.6 Å². The van der Waals surface area contributed by atoms with Gasteiger partial charge in [0.15, 0.2) is 0 Å². The van der Waals surface area contributed by atoms with Crippen LogP contribution in [-0.4, -0.2) is 47.9 Å². The first-order chi connectivity index (χ1) is 9.56. The monoisotopic (exact) mass is 293 g/mol. The molecule has 1 amide bonds. The number of benzene rings is 1. The van der Waals surface area contributed by atoms with Crippen LogP contribution >= 0.6 is 11.6 Å². The second kappa shape index (κ2) is 5.35. The third kappa shape index (κ3) is 2.43. The van der Waals surface area contributed by atoms with Gasteiger partial charge in [0, 0.05) is 17.6 Å². The molecule has 0 saturated carbocycles. The minimum atomic E-state index is -0.134. The van der Waals surface area contributed by atoms with Gasteiger partial charge in [-0.2, -0.15) is 0 Å². The molecule has 5 heteroatoms. The molecule has 2 aliphatic rings. The van der Waals surface area contributed by atoms with Crippen molar-refractivity contribution in [2.75, 3.05) is 20.1 Å². The van der Waals surface area contributed by atoms with Gasteiger partial charge in [0.25, 0.3) is 0 Å². The Morgan fingerprint density at radius 2 is 2.20 bits per heavy atom. The molecule has 20 heavy (non-hydrogen) atoms. The first-order valence-corrected chi connectivity index (χ1v) is 7.46. The number of likely N-dealkylation sites (tertiary alicyclic amines) is 1. The maximum atomic E-state index is 12.5. The van der Waals surface area contributed by atoms with E-state index in [0.717, 1.165) is 25.1 Å². The Bertz CT molecular complexity index is 522. The molecule has 2 heterocycles. The Kier molecular flexibility index (Phi) is 3.71. The molecule has 1 aromatic rings. The van der Waals surface area contributed by atoms with Crippen molar-refractivity contribution in [3.05, 3.63) is 34.9 Å². The molecule has 3 atom stereocenters. The second-order valence-corrected chi connectivity index (χ2v) is 6.23. The number of amides is 1. The lowest BCUT2D eigenvalue weighted by atomic mass is 10.1. The number of carbonyl (C=O) groups excluding carboxylic acids is 1. The Labute approximate surface area is 124 Å². The summed E-state index contributed by atoms with van der Waals surface area (Å²) in [6, 6.07) is 7.92. The van der Waals surface area contributed by atoms with Crippen molar-refractivity contribution in [2.45, 2.75) is 31.6 Å². The molecule has 108 valence electrons. The molecule has 3 unspecified atom stereocenters. The molecule has 3 rings (SSSR count). The van der Waals surface area contributed by atoms with Gasteiger partial charge in [-0.25, -0.2) is 0 Å². The number of halogens is 1. The van der Waals surface area contributed by atoms with Crippen LogP contribution in [0.5, 0.6) is 0 Å². The van der Waals surface area contributed by atoms with E-state index in [2.05, 4.69) is 17.3 Å². The van der Waals surface area contributed by atoms with Crippen molar-refractivity contribution in [1.82, 2.24) is 15.1 Å². The van der Waals surface area contributed by atoms with E-state index in [1.54, 1.807) is 0 Å². The highest BCUT2D eigenvalue weighted by atomic mass is 35.5. The van der Waals surface area contributed by atoms with Crippen molar-refractivity contribution in [2.24, 2.45) is 0 Å². The summed E-state index contributed by atoms with van der Waals surface area (Å²) in [6.45, 7) is 3.92. The predicted molar refractivity (Wildman–Crippen MR) is 79.5 cm³/mol. The Hall–Kier alpha value is -1.10. The highest BCUT2D eigenvalue weighted by molar-refractivity contribution is 6.30. The van der Waals surface area contributed by atoms with E-state index in [9.17, 15) is 4.79 Å². The molecule has 2 aliphatic heterocycles. The van der Waals surface area contributed by atoms with E-state index in [-0.39, 0.29) is 24.2 Å². The molecule has 0 aromatic heterocycles. The van der Waals surface area contributed by atoms with Crippen LogP contribution in [0.4, 0.5) is 0 Å². The first-order valence-electron chi connectivity index (χ1n) is 7.08. The van der Waals surface area contributed by atoms with E-state index in [0.29, 0.717) is 5.02 Å². The average Bonchev–Trinajstić information content (AvgIpc) is 2.95. The summed E-state index contributed by atoms with van der Waals surface area (Å²) in [7, 11) is 2.10. The fourth-order valence-corrected chi connectivity index (χ4v) is 3.40. The van der Waals surface area contributed by atoms with E-state index in [1.807, 2.05) is 36.1 Å². The van der Waals surface area contributed by atoms with Crippen LogP contribution in [0.15, 0.2) is 24.3 Å². The van der Waals surface area contributed by atoms with Crippen molar-refractivity contribution < 1.29 is 4.79 Å². The Morgan fingerprint density at radius 1 is 1.40 bits per heavy atom. The molecular weight excluding hydrogens is 274 g/mol. The minimum Gasteiger partial charge on any atom is -0.317 e. The second-order valence-electron chi connectivity index (χ2n) is 5.80. The number of rotatable bonds is 2. The fourth-order valence-electron chi connectivity index (χ4n) is 3.20. The minimum absolute atomic E-state index is 0.0623. The molecule has 0 spiro atoms. The van der Waals surface area contributed by atoms with Crippen LogP contribution in [0.3, 0.4) is 0 Å². The molecule has 0 aliphatic carbocycles. The quantitative estimate of drug-likeness (QED) is 0.904. The fraction of sp³-hybridized carbons (Fsp3) is 0.533. The van der Waals surface area contributed by atoms with Crippen LogP contribution < -0.4 is 5.32 Å². The molecule has 2 saturated heterocycles. The predicted octanol–water partition coefficient (Wildman–Crippen LogP) is 1.86. The molecule has 2 fully saturated rings. The summed E-state index contributed by atoms with van der Waals surface area (Å²) >= 11 is 6.09. The maximum absolute atomic E-state index is 12.5. The molecule has 1 aromatic carbocycles. The first kappa shape index (κ1) is 13.9. The van der Waals surface area contributed by atoms with Crippen LogP contribution in [0, 0.1) is 0 Å². The summed E-state index contributed by atoms with van der Waals surface area (Å²) < 4.78 is 0. The Morgan fingerprint density at radius 3 is 2.85 bits per heavy atom. The van der Waals surface area contributed by atoms with Crippen molar-refractivity contribution in [3.8, 4) is 0 Å². The van der Waals surface area contributed by atoms with Gasteiger partial charge in [0.2, 0.25) is 5.91 Å². The lowest BCUT2D eigenvalue weighted by molar-refractivity contribution is -0.131. The van der Waals surface area contributed by atoms with Gasteiger partial charge in [0.1, 0.15) is 6.17 Å². The number of nitrogens with zero attached hydrogens (tertiary/aromatic N) is 2. The van der Waals surface area contributed by atoms with Crippen LogP contribution in [-0.2, 0) is 4.79 Å². The normalized spacial score (nSPS) is 31.2. The average molecular weight is 294 g/mol.